The van der Waals surface area contributed by atoms with Gasteiger partial charge >= 0.3 is 0 Å². The molecule has 2 bridgehead atoms. The van der Waals surface area contributed by atoms with Gasteiger partial charge in [-0.25, -0.2) is 4.98 Å². The van der Waals surface area contributed by atoms with Crippen molar-refractivity contribution in [2.24, 2.45) is 17.8 Å². The molecule has 120 valence electrons. The average Bonchev–Trinajstić information content (AvgIpc) is 3.18. The minimum absolute atomic E-state index is 0.105. The molecule has 2 heterocycles. The van der Waals surface area contributed by atoms with Crippen molar-refractivity contribution >= 4 is 11.6 Å². The Labute approximate surface area is 134 Å². The molecule has 2 aromatic rings. The van der Waals surface area contributed by atoms with E-state index in [0.29, 0.717) is 11.6 Å². The molecule has 4 atom stereocenters. The Kier molecular flexibility index (Phi) is 3.43. The summed E-state index contributed by atoms with van der Waals surface area (Å²) < 4.78 is 1.41. The predicted molar refractivity (Wildman–Crippen MR) is 87.3 cm³/mol. The molecule has 0 unspecified atom stereocenters. The summed E-state index contributed by atoms with van der Waals surface area (Å²) in [6.45, 7) is 2.06. The van der Waals surface area contributed by atoms with Gasteiger partial charge in [0.05, 0.1) is 0 Å². The summed E-state index contributed by atoms with van der Waals surface area (Å²) >= 11 is 0. The van der Waals surface area contributed by atoms with Crippen molar-refractivity contribution < 1.29 is 4.79 Å². The van der Waals surface area contributed by atoms with Gasteiger partial charge in [0, 0.05) is 18.4 Å². The molecule has 1 amide bonds. The Balaban J connectivity index is 1.55. The SMILES string of the molecule is C[C@H](NC(=O)c1cnc2ccccn2c1=O)[C@@H]1C[C@H]2CC[C@H]1C2. The molecule has 0 saturated heterocycles. The van der Waals surface area contributed by atoms with Crippen molar-refractivity contribution in [3.63, 3.8) is 0 Å². The van der Waals surface area contributed by atoms with E-state index in [9.17, 15) is 9.59 Å². The third-order valence-electron chi connectivity index (χ3n) is 5.65. The smallest absolute Gasteiger partial charge is 0.270 e. The summed E-state index contributed by atoms with van der Waals surface area (Å²) in [4.78, 5) is 29.2. The number of nitrogens with one attached hydrogen (secondary N) is 1. The number of nitrogens with zero attached hydrogens (tertiary/aromatic N) is 2. The summed E-state index contributed by atoms with van der Waals surface area (Å²) in [5.74, 6) is 1.83. The molecule has 4 rings (SSSR count). The van der Waals surface area contributed by atoms with E-state index in [-0.39, 0.29) is 23.1 Å². The molecule has 0 aromatic carbocycles. The van der Waals surface area contributed by atoms with Gasteiger partial charge in [-0.2, -0.15) is 0 Å². The fraction of sp³-hybridized carbons (Fsp3) is 0.500. The topological polar surface area (TPSA) is 63.5 Å². The maximum Gasteiger partial charge on any atom is 0.270 e. The van der Waals surface area contributed by atoms with E-state index in [0.717, 1.165) is 11.8 Å². The van der Waals surface area contributed by atoms with E-state index >= 15 is 0 Å². The molecule has 0 aliphatic heterocycles. The Morgan fingerprint density at radius 2 is 2.22 bits per heavy atom. The Hall–Kier alpha value is -2.17. The molecule has 1 N–H and O–H groups in total. The lowest BCUT2D eigenvalue weighted by Crippen LogP contribution is -2.42. The average molecular weight is 311 g/mol. The van der Waals surface area contributed by atoms with Crippen LogP contribution in [0.2, 0.25) is 0 Å². The molecular formula is C18H21N3O2. The zero-order chi connectivity index (χ0) is 16.0. The van der Waals surface area contributed by atoms with Crippen molar-refractivity contribution in [2.45, 2.75) is 38.6 Å². The predicted octanol–water partition coefficient (Wildman–Crippen LogP) is 2.25. The Morgan fingerprint density at radius 3 is 2.96 bits per heavy atom. The summed E-state index contributed by atoms with van der Waals surface area (Å²) in [7, 11) is 0. The van der Waals surface area contributed by atoms with Crippen LogP contribution in [-0.4, -0.2) is 21.3 Å². The molecule has 5 heteroatoms. The lowest BCUT2D eigenvalue weighted by atomic mass is 9.84. The third-order valence-corrected chi connectivity index (χ3v) is 5.65. The van der Waals surface area contributed by atoms with Crippen LogP contribution in [0.3, 0.4) is 0 Å². The van der Waals surface area contributed by atoms with Crippen LogP contribution in [-0.2, 0) is 0 Å². The maximum atomic E-state index is 12.5. The van der Waals surface area contributed by atoms with Gasteiger partial charge in [-0.05, 0) is 56.1 Å². The highest BCUT2D eigenvalue weighted by Gasteiger charge is 2.42. The highest BCUT2D eigenvalue weighted by atomic mass is 16.2. The largest absolute Gasteiger partial charge is 0.349 e. The fourth-order valence-corrected chi connectivity index (χ4v) is 4.48. The molecule has 2 aromatic heterocycles. The first-order valence-corrected chi connectivity index (χ1v) is 8.40. The van der Waals surface area contributed by atoms with Crippen molar-refractivity contribution in [2.75, 3.05) is 0 Å². The third kappa shape index (κ3) is 2.44. The van der Waals surface area contributed by atoms with E-state index < -0.39 is 0 Å². The van der Waals surface area contributed by atoms with Crippen molar-refractivity contribution in [3.05, 3.63) is 46.5 Å². The van der Waals surface area contributed by atoms with Gasteiger partial charge in [-0.15, -0.1) is 0 Å². The van der Waals surface area contributed by atoms with Crippen LogP contribution in [0.5, 0.6) is 0 Å². The minimum atomic E-state index is -0.312. The number of rotatable bonds is 3. The molecule has 2 aliphatic rings. The second-order valence-electron chi connectivity index (χ2n) is 7.01. The Morgan fingerprint density at radius 1 is 1.35 bits per heavy atom. The number of hydrogen-bond donors (Lipinski definition) is 1. The Bertz CT molecular complexity index is 813. The first-order valence-electron chi connectivity index (χ1n) is 8.40. The van der Waals surface area contributed by atoms with Crippen LogP contribution in [0.25, 0.3) is 5.65 Å². The zero-order valence-corrected chi connectivity index (χ0v) is 13.2. The van der Waals surface area contributed by atoms with E-state index in [1.54, 1.807) is 18.3 Å². The lowest BCUT2D eigenvalue weighted by Gasteiger charge is -2.28. The molecule has 2 aliphatic carbocycles. The van der Waals surface area contributed by atoms with Crippen molar-refractivity contribution in [1.82, 2.24) is 14.7 Å². The maximum absolute atomic E-state index is 12.5. The molecule has 5 nitrogen and oxygen atoms in total. The number of fused-ring (bicyclic) bond motifs is 3. The molecule has 0 radical (unpaired) electrons. The normalized spacial score (nSPS) is 27.3. The van der Waals surface area contributed by atoms with Gasteiger partial charge in [0.1, 0.15) is 11.2 Å². The summed E-state index contributed by atoms with van der Waals surface area (Å²) in [6, 6.07) is 5.43. The number of carbonyl (C=O) groups excluding carboxylic acids is 1. The standard InChI is InChI=1S/C18H21N3O2/c1-11(14-9-12-5-6-13(14)8-12)20-17(22)15-10-19-16-4-2-3-7-21(16)18(15)23/h2-4,7,10-14H,5-6,8-9H2,1H3,(H,20,22)/t11-,12-,13-,14-/m0/s1. The van der Waals surface area contributed by atoms with Gasteiger partial charge in [0.2, 0.25) is 0 Å². The minimum Gasteiger partial charge on any atom is -0.349 e. The van der Waals surface area contributed by atoms with Gasteiger partial charge < -0.3 is 5.32 Å². The molecule has 0 spiro atoms. The van der Waals surface area contributed by atoms with Gasteiger partial charge in [-0.1, -0.05) is 12.5 Å². The van der Waals surface area contributed by atoms with E-state index in [1.807, 2.05) is 6.07 Å². The number of hydrogen-bond acceptors (Lipinski definition) is 3. The van der Waals surface area contributed by atoms with Gasteiger partial charge in [-0.3, -0.25) is 14.0 Å². The summed E-state index contributed by atoms with van der Waals surface area (Å²) in [5, 5.41) is 3.04. The second kappa shape index (κ2) is 5.48. The van der Waals surface area contributed by atoms with E-state index in [2.05, 4.69) is 17.2 Å². The number of amides is 1. The second-order valence-corrected chi connectivity index (χ2v) is 7.01. The van der Waals surface area contributed by atoms with Crippen LogP contribution in [0, 0.1) is 17.8 Å². The number of aromatic nitrogens is 2. The van der Waals surface area contributed by atoms with E-state index in [1.165, 1.54) is 36.3 Å². The van der Waals surface area contributed by atoms with E-state index in [4.69, 9.17) is 0 Å². The number of carbonyl (C=O) groups is 1. The highest BCUT2D eigenvalue weighted by molar-refractivity contribution is 5.93. The highest BCUT2D eigenvalue weighted by Crippen LogP contribution is 2.49. The molecule has 2 saturated carbocycles. The monoisotopic (exact) mass is 311 g/mol. The van der Waals surface area contributed by atoms with Crippen LogP contribution in [0.15, 0.2) is 35.4 Å². The van der Waals surface area contributed by atoms with Crippen molar-refractivity contribution in [3.8, 4) is 0 Å². The summed E-state index contributed by atoms with van der Waals surface area (Å²) in [6.07, 6.45) is 8.18. The first-order chi connectivity index (χ1) is 11.1. The molecular weight excluding hydrogens is 290 g/mol. The number of pyridine rings is 1. The fourth-order valence-electron chi connectivity index (χ4n) is 4.48. The molecule has 23 heavy (non-hydrogen) atoms. The quantitative estimate of drug-likeness (QED) is 0.945. The molecule has 2 fully saturated rings. The summed E-state index contributed by atoms with van der Waals surface area (Å²) in [5.41, 5.74) is 0.354. The first kappa shape index (κ1) is 14.4. The van der Waals surface area contributed by atoms with Gasteiger partial charge in [0.25, 0.3) is 11.5 Å². The zero-order valence-electron chi connectivity index (χ0n) is 13.2. The lowest BCUT2D eigenvalue weighted by molar-refractivity contribution is 0.0913. The van der Waals surface area contributed by atoms with Crippen LogP contribution >= 0.6 is 0 Å². The van der Waals surface area contributed by atoms with Crippen LogP contribution in [0.1, 0.15) is 43.0 Å². The van der Waals surface area contributed by atoms with Crippen LogP contribution < -0.4 is 10.9 Å². The van der Waals surface area contributed by atoms with Crippen LogP contribution in [0.4, 0.5) is 0 Å². The van der Waals surface area contributed by atoms with Gasteiger partial charge in [0.15, 0.2) is 0 Å². The van der Waals surface area contributed by atoms with Crippen molar-refractivity contribution in [1.29, 1.82) is 0 Å².